The SMILES string of the molecule is Nc1ccn([C@@H]2O[C@H](CN3CCc4cc(O)c(F)cc4C3)[C@@H](O)C2(F)F)c(=O)n1. The first kappa shape index (κ1) is 19.7. The van der Waals surface area contributed by atoms with Crippen LogP contribution >= 0.6 is 0 Å². The third-order valence-electron chi connectivity index (χ3n) is 5.28. The molecule has 8 nitrogen and oxygen atoms in total. The fraction of sp³-hybridized carbons (Fsp3) is 0.444. The predicted octanol–water partition coefficient (Wildman–Crippen LogP) is 0.622. The average Bonchev–Trinajstić information content (AvgIpc) is 2.87. The second-order valence-electron chi connectivity index (χ2n) is 7.25. The minimum Gasteiger partial charge on any atom is -0.505 e. The first-order valence-electron chi connectivity index (χ1n) is 8.95. The summed E-state index contributed by atoms with van der Waals surface area (Å²) >= 11 is 0. The lowest BCUT2D eigenvalue weighted by Crippen LogP contribution is -2.44. The Morgan fingerprint density at radius 3 is 2.83 bits per heavy atom. The summed E-state index contributed by atoms with van der Waals surface area (Å²) in [6, 6.07) is 3.75. The number of rotatable bonds is 3. The number of hydrogen-bond acceptors (Lipinski definition) is 7. The minimum atomic E-state index is -3.72. The van der Waals surface area contributed by atoms with Crippen molar-refractivity contribution in [3.05, 3.63) is 51.8 Å². The van der Waals surface area contributed by atoms with E-state index in [1.807, 2.05) is 0 Å². The Morgan fingerprint density at radius 1 is 1.34 bits per heavy atom. The molecule has 0 spiro atoms. The largest absolute Gasteiger partial charge is 0.505 e. The Labute approximate surface area is 163 Å². The summed E-state index contributed by atoms with van der Waals surface area (Å²) in [6.07, 6.45) is -3.91. The topological polar surface area (TPSA) is 114 Å². The van der Waals surface area contributed by atoms with Crippen molar-refractivity contribution in [2.75, 3.05) is 18.8 Å². The van der Waals surface area contributed by atoms with Gasteiger partial charge in [0.25, 0.3) is 0 Å². The van der Waals surface area contributed by atoms with E-state index in [2.05, 4.69) is 4.98 Å². The van der Waals surface area contributed by atoms with Gasteiger partial charge in [-0.05, 0) is 35.7 Å². The van der Waals surface area contributed by atoms with Crippen molar-refractivity contribution in [2.24, 2.45) is 0 Å². The molecule has 3 heterocycles. The molecule has 3 atom stereocenters. The quantitative estimate of drug-likeness (QED) is 0.677. The number of aromatic nitrogens is 2. The number of hydrogen-bond donors (Lipinski definition) is 3. The van der Waals surface area contributed by atoms with Gasteiger partial charge in [0.15, 0.2) is 11.6 Å². The number of phenols is 1. The number of alkyl halides is 2. The number of fused-ring (bicyclic) bond motifs is 1. The zero-order valence-electron chi connectivity index (χ0n) is 15.1. The van der Waals surface area contributed by atoms with Gasteiger partial charge < -0.3 is 20.7 Å². The fourth-order valence-corrected chi connectivity index (χ4v) is 3.76. The number of phenolic OH excluding ortho intramolecular Hbond substituents is 1. The first-order chi connectivity index (χ1) is 13.7. The second-order valence-corrected chi connectivity index (χ2v) is 7.25. The molecule has 0 amide bonds. The third kappa shape index (κ3) is 3.45. The van der Waals surface area contributed by atoms with Gasteiger partial charge in [-0.1, -0.05) is 0 Å². The molecule has 29 heavy (non-hydrogen) atoms. The van der Waals surface area contributed by atoms with Gasteiger partial charge in [-0.25, -0.2) is 9.18 Å². The number of halogens is 3. The molecule has 0 saturated carbocycles. The van der Waals surface area contributed by atoms with Crippen LogP contribution in [0.3, 0.4) is 0 Å². The van der Waals surface area contributed by atoms with E-state index in [1.165, 1.54) is 18.2 Å². The summed E-state index contributed by atoms with van der Waals surface area (Å²) in [4.78, 5) is 17.1. The second kappa shape index (κ2) is 7.01. The number of aliphatic hydroxyl groups is 1. The fourth-order valence-electron chi connectivity index (χ4n) is 3.76. The van der Waals surface area contributed by atoms with Gasteiger partial charge in [0, 0.05) is 25.8 Å². The van der Waals surface area contributed by atoms with Gasteiger partial charge in [0.1, 0.15) is 18.0 Å². The Morgan fingerprint density at radius 2 is 2.10 bits per heavy atom. The van der Waals surface area contributed by atoms with Crippen LogP contribution in [0, 0.1) is 5.82 Å². The van der Waals surface area contributed by atoms with E-state index in [0.29, 0.717) is 23.1 Å². The molecule has 0 radical (unpaired) electrons. The van der Waals surface area contributed by atoms with E-state index in [-0.39, 0.29) is 18.9 Å². The van der Waals surface area contributed by atoms with Crippen LogP contribution < -0.4 is 11.4 Å². The number of benzene rings is 1. The standard InChI is InChI=1S/C18H19F3N4O4/c19-11-5-10-7-24(3-1-9(10)6-12(11)26)8-13-15(27)18(20,21)16(29-13)25-4-2-14(22)23-17(25)28/h2,4-6,13,15-16,26-27H,1,3,7-8H2,(H2,22,23,28)/t13-,15-,16-/m1/s1. The molecule has 0 unspecified atom stereocenters. The van der Waals surface area contributed by atoms with E-state index in [0.717, 1.165) is 11.8 Å². The summed E-state index contributed by atoms with van der Waals surface area (Å²) in [5.41, 5.74) is 5.77. The van der Waals surface area contributed by atoms with Crippen LogP contribution in [0.5, 0.6) is 5.75 Å². The zero-order chi connectivity index (χ0) is 20.9. The molecule has 1 saturated heterocycles. The van der Waals surface area contributed by atoms with Crippen molar-refractivity contribution in [3.8, 4) is 5.75 Å². The van der Waals surface area contributed by atoms with Crippen molar-refractivity contribution >= 4 is 5.82 Å². The lowest BCUT2D eigenvalue weighted by Gasteiger charge is -2.31. The Balaban J connectivity index is 1.52. The number of aliphatic hydroxyl groups excluding tert-OH is 1. The third-order valence-corrected chi connectivity index (χ3v) is 5.28. The van der Waals surface area contributed by atoms with Crippen LogP contribution in [-0.4, -0.2) is 55.9 Å². The average molecular weight is 412 g/mol. The highest BCUT2D eigenvalue weighted by molar-refractivity contribution is 5.37. The molecule has 4 rings (SSSR count). The van der Waals surface area contributed by atoms with Gasteiger partial charge in [-0.15, -0.1) is 0 Å². The van der Waals surface area contributed by atoms with Crippen LogP contribution in [-0.2, 0) is 17.7 Å². The number of anilines is 1. The maximum atomic E-state index is 14.6. The molecule has 2 aliphatic heterocycles. The molecule has 11 heteroatoms. The van der Waals surface area contributed by atoms with Crippen LogP contribution in [0.1, 0.15) is 17.4 Å². The van der Waals surface area contributed by atoms with Crippen molar-refractivity contribution in [1.29, 1.82) is 0 Å². The molecule has 2 aliphatic rings. The van der Waals surface area contributed by atoms with Gasteiger partial charge in [0.2, 0.25) is 6.23 Å². The van der Waals surface area contributed by atoms with E-state index in [1.54, 1.807) is 4.90 Å². The van der Waals surface area contributed by atoms with Crippen LogP contribution in [0.2, 0.25) is 0 Å². The number of nitrogens with zero attached hydrogens (tertiary/aromatic N) is 3. The highest BCUT2D eigenvalue weighted by atomic mass is 19.3. The highest BCUT2D eigenvalue weighted by Gasteiger charge is 2.59. The maximum absolute atomic E-state index is 14.6. The summed E-state index contributed by atoms with van der Waals surface area (Å²) in [5, 5.41) is 19.6. The van der Waals surface area contributed by atoms with Crippen molar-refractivity contribution in [3.63, 3.8) is 0 Å². The van der Waals surface area contributed by atoms with Crippen molar-refractivity contribution < 1.29 is 28.1 Å². The van der Waals surface area contributed by atoms with Crippen molar-refractivity contribution in [1.82, 2.24) is 14.5 Å². The predicted molar refractivity (Wildman–Crippen MR) is 94.8 cm³/mol. The van der Waals surface area contributed by atoms with Gasteiger partial charge >= 0.3 is 11.6 Å². The number of nitrogen functional groups attached to an aromatic ring is 1. The van der Waals surface area contributed by atoms with Gasteiger partial charge in [-0.2, -0.15) is 13.8 Å². The van der Waals surface area contributed by atoms with E-state index >= 15 is 0 Å². The maximum Gasteiger partial charge on any atom is 0.351 e. The van der Waals surface area contributed by atoms with E-state index in [4.69, 9.17) is 10.5 Å². The summed E-state index contributed by atoms with van der Waals surface area (Å²) in [5.74, 6) is -5.03. The lowest BCUT2D eigenvalue weighted by molar-refractivity contribution is -0.140. The Bertz CT molecular complexity index is 1000. The molecule has 0 aliphatic carbocycles. The molecule has 1 aromatic heterocycles. The van der Waals surface area contributed by atoms with Crippen LogP contribution in [0.25, 0.3) is 0 Å². The van der Waals surface area contributed by atoms with Crippen LogP contribution in [0.15, 0.2) is 29.2 Å². The smallest absolute Gasteiger partial charge is 0.351 e. The van der Waals surface area contributed by atoms with Gasteiger partial charge in [-0.3, -0.25) is 9.47 Å². The van der Waals surface area contributed by atoms with Crippen molar-refractivity contribution in [2.45, 2.75) is 37.3 Å². The highest BCUT2D eigenvalue weighted by Crippen LogP contribution is 2.42. The first-order valence-corrected chi connectivity index (χ1v) is 8.95. The number of nitrogens with two attached hydrogens (primary N) is 1. The normalized spacial score (nSPS) is 26.4. The molecule has 4 N–H and O–H groups in total. The molecule has 1 fully saturated rings. The zero-order valence-corrected chi connectivity index (χ0v) is 15.1. The number of aromatic hydroxyl groups is 1. The summed E-state index contributed by atoms with van der Waals surface area (Å²) in [6.45, 7) is 0.648. The molecular weight excluding hydrogens is 393 g/mol. The molecule has 0 bridgehead atoms. The monoisotopic (exact) mass is 412 g/mol. The molecule has 156 valence electrons. The molecular formula is C18H19F3N4O4. The van der Waals surface area contributed by atoms with E-state index < -0.39 is 41.6 Å². The molecule has 2 aromatic rings. The number of ether oxygens (including phenoxy) is 1. The Hall–Kier alpha value is -2.63. The Kier molecular flexibility index (Phi) is 4.75. The van der Waals surface area contributed by atoms with Gasteiger partial charge in [0.05, 0.1) is 0 Å². The van der Waals surface area contributed by atoms with Crippen LogP contribution in [0.4, 0.5) is 19.0 Å². The lowest BCUT2D eigenvalue weighted by atomic mass is 9.98. The van der Waals surface area contributed by atoms with E-state index in [9.17, 15) is 28.2 Å². The minimum absolute atomic E-state index is 0.0493. The summed E-state index contributed by atoms with van der Waals surface area (Å²) < 4.78 is 48.8. The summed E-state index contributed by atoms with van der Waals surface area (Å²) in [7, 11) is 0. The molecule has 1 aromatic carbocycles.